The average Bonchev–Trinajstić information content (AvgIpc) is 2.13. The van der Waals surface area contributed by atoms with Crippen LogP contribution in [0.3, 0.4) is 0 Å². The second-order valence-electron chi connectivity index (χ2n) is 1.96. The first-order valence-corrected chi connectivity index (χ1v) is 2.77. The van der Waals surface area contributed by atoms with Gasteiger partial charge in [0.2, 0.25) is 5.91 Å². The molecule has 0 unspecified atom stereocenters. The Balaban J connectivity index is 2.62. The summed E-state index contributed by atoms with van der Waals surface area (Å²) in [6.07, 6.45) is 0.396. The molecule has 9 heavy (non-hydrogen) atoms. The van der Waals surface area contributed by atoms with Crippen LogP contribution < -0.4 is 5.73 Å². The van der Waals surface area contributed by atoms with Gasteiger partial charge >= 0.3 is 0 Å². The van der Waals surface area contributed by atoms with Gasteiger partial charge in [0.1, 0.15) is 0 Å². The molecule has 2 N–H and O–H groups in total. The molecule has 0 saturated heterocycles. The van der Waals surface area contributed by atoms with E-state index in [1.54, 1.807) is 7.05 Å². The number of hydrazone groups is 1. The Bertz CT molecular complexity index is 164. The Morgan fingerprint density at radius 3 is 2.78 bits per heavy atom. The predicted octanol–water partition coefficient (Wildman–Crippen LogP) is -0.837. The molecule has 1 amide bonds. The number of carbonyl (C=O) groups is 1. The van der Waals surface area contributed by atoms with Crippen molar-refractivity contribution in [3.63, 3.8) is 0 Å². The summed E-state index contributed by atoms with van der Waals surface area (Å²) in [6, 6.07) is 0. The van der Waals surface area contributed by atoms with Crippen LogP contribution in [-0.2, 0) is 4.79 Å². The zero-order chi connectivity index (χ0) is 6.85. The summed E-state index contributed by atoms with van der Waals surface area (Å²) in [7, 11) is 1.63. The lowest BCUT2D eigenvalue weighted by Crippen LogP contribution is -2.15. The van der Waals surface area contributed by atoms with Crippen molar-refractivity contribution in [2.45, 2.75) is 6.42 Å². The van der Waals surface area contributed by atoms with Crippen LogP contribution in [0.1, 0.15) is 6.42 Å². The first kappa shape index (κ1) is 6.22. The van der Waals surface area contributed by atoms with Crippen molar-refractivity contribution in [2.24, 2.45) is 10.8 Å². The molecule has 0 aromatic carbocycles. The highest BCUT2D eigenvalue weighted by Crippen LogP contribution is 2.02. The molecule has 4 nitrogen and oxygen atoms in total. The van der Waals surface area contributed by atoms with Crippen LogP contribution in [0.2, 0.25) is 0 Å². The first-order valence-electron chi connectivity index (χ1n) is 2.77. The zero-order valence-corrected chi connectivity index (χ0v) is 5.29. The van der Waals surface area contributed by atoms with Gasteiger partial charge in [0, 0.05) is 13.6 Å². The predicted molar refractivity (Wildman–Crippen MR) is 33.9 cm³/mol. The van der Waals surface area contributed by atoms with Crippen molar-refractivity contribution in [2.75, 3.05) is 13.6 Å². The van der Waals surface area contributed by atoms with E-state index in [4.69, 9.17) is 5.73 Å². The van der Waals surface area contributed by atoms with Crippen LogP contribution in [0, 0.1) is 0 Å². The molecular weight excluding hydrogens is 118 g/mol. The van der Waals surface area contributed by atoms with Gasteiger partial charge in [0.25, 0.3) is 0 Å². The number of hydrogen-bond acceptors (Lipinski definition) is 3. The standard InChI is InChI=1S/C5H9N3O/c1-8-5(9)2-4(3-6)7-8/h2-3,6H2,1H3. The third kappa shape index (κ3) is 1.08. The molecule has 1 aliphatic heterocycles. The van der Waals surface area contributed by atoms with Gasteiger partial charge in [-0.15, -0.1) is 0 Å². The Morgan fingerprint density at radius 1 is 1.89 bits per heavy atom. The van der Waals surface area contributed by atoms with Crippen LogP contribution in [-0.4, -0.2) is 30.2 Å². The monoisotopic (exact) mass is 127 g/mol. The Hall–Kier alpha value is -0.900. The highest BCUT2D eigenvalue weighted by Gasteiger charge is 2.17. The molecule has 0 fully saturated rings. The van der Waals surface area contributed by atoms with Crippen LogP contribution in [0.5, 0.6) is 0 Å². The minimum absolute atomic E-state index is 0.0236. The summed E-state index contributed by atoms with van der Waals surface area (Å²) < 4.78 is 0. The number of rotatable bonds is 1. The normalized spacial score (nSPS) is 18.7. The summed E-state index contributed by atoms with van der Waals surface area (Å²) in [5.74, 6) is 0.0236. The molecule has 0 aromatic rings. The zero-order valence-electron chi connectivity index (χ0n) is 5.29. The van der Waals surface area contributed by atoms with E-state index in [0.29, 0.717) is 13.0 Å². The van der Waals surface area contributed by atoms with Crippen molar-refractivity contribution in [3.05, 3.63) is 0 Å². The van der Waals surface area contributed by atoms with E-state index in [-0.39, 0.29) is 5.91 Å². The fourth-order valence-corrected chi connectivity index (χ4v) is 0.705. The van der Waals surface area contributed by atoms with Gasteiger partial charge in [0.15, 0.2) is 0 Å². The second-order valence-corrected chi connectivity index (χ2v) is 1.96. The fraction of sp³-hybridized carbons (Fsp3) is 0.600. The van der Waals surface area contributed by atoms with Gasteiger partial charge < -0.3 is 5.73 Å². The maximum Gasteiger partial charge on any atom is 0.248 e. The molecule has 0 aliphatic carbocycles. The van der Waals surface area contributed by atoms with Crippen molar-refractivity contribution in [1.82, 2.24) is 5.01 Å². The molecular formula is C5H9N3O. The molecule has 0 bridgehead atoms. The van der Waals surface area contributed by atoms with Crippen LogP contribution in [0.15, 0.2) is 5.10 Å². The lowest BCUT2D eigenvalue weighted by atomic mass is 10.3. The highest BCUT2D eigenvalue weighted by atomic mass is 16.2. The van der Waals surface area contributed by atoms with E-state index in [1.165, 1.54) is 5.01 Å². The summed E-state index contributed by atoms with van der Waals surface area (Å²) in [4.78, 5) is 10.7. The number of amides is 1. The summed E-state index contributed by atoms with van der Waals surface area (Å²) in [5, 5.41) is 5.19. The maximum absolute atomic E-state index is 10.7. The van der Waals surface area contributed by atoms with Crippen LogP contribution in [0.4, 0.5) is 0 Å². The molecule has 0 radical (unpaired) electrons. The molecule has 0 spiro atoms. The minimum Gasteiger partial charge on any atom is -0.325 e. The molecule has 1 rings (SSSR count). The number of carbonyl (C=O) groups excluding carboxylic acids is 1. The quantitative estimate of drug-likeness (QED) is 0.499. The average molecular weight is 127 g/mol. The van der Waals surface area contributed by atoms with Gasteiger partial charge in [-0.05, 0) is 0 Å². The third-order valence-electron chi connectivity index (χ3n) is 1.24. The van der Waals surface area contributed by atoms with Gasteiger partial charge in [0.05, 0.1) is 12.1 Å². The van der Waals surface area contributed by atoms with Gasteiger partial charge in [-0.2, -0.15) is 5.10 Å². The largest absolute Gasteiger partial charge is 0.325 e. The summed E-state index contributed by atoms with van der Waals surface area (Å²) in [5.41, 5.74) is 6.01. The SMILES string of the molecule is CN1N=C(CN)CC1=O. The van der Waals surface area contributed by atoms with Crippen LogP contribution in [0.25, 0.3) is 0 Å². The third-order valence-corrected chi connectivity index (χ3v) is 1.24. The van der Waals surface area contributed by atoms with Crippen molar-refractivity contribution >= 4 is 11.6 Å². The molecule has 0 saturated carbocycles. The second kappa shape index (κ2) is 2.14. The number of hydrogen-bond donors (Lipinski definition) is 1. The van der Waals surface area contributed by atoms with Gasteiger partial charge in [-0.3, -0.25) is 4.79 Å². The fourth-order valence-electron chi connectivity index (χ4n) is 0.705. The van der Waals surface area contributed by atoms with E-state index in [0.717, 1.165) is 5.71 Å². The molecule has 0 atom stereocenters. The topological polar surface area (TPSA) is 58.7 Å². The Morgan fingerprint density at radius 2 is 2.56 bits per heavy atom. The number of nitrogens with two attached hydrogens (primary N) is 1. The molecule has 50 valence electrons. The van der Waals surface area contributed by atoms with Gasteiger partial charge in [-0.25, -0.2) is 5.01 Å². The molecule has 0 aromatic heterocycles. The highest BCUT2D eigenvalue weighted by molar-refractivity contribution is 6.05. The lowest BCUT2D eigenvalue weighted by molar-refractivity contribution is -0.127. The van der Waals surface area contributed by atoms with Crippen LogP contribution >= 0.6 is 0 Å². The Labute approximate surface area is 53.3 Å². The van der Waals surface area contributed by atoms with Crippen molar-refractivity contribution in [3.8, 4) is 0 Å². The van der Waals surface area contributed by atoms with E-state index in [2.05, 4.69) is 5.10 Å². The Kier molecular flexibility index (Phi) is 1.48. The molecule has 4 heteroatoms. The lowest BCUT2D eigenvalue weighted by Gasteiger charge is -1.98. The smallest absolute Gasteiger partial charge is 0.248 e. The minimum atomic E-state index is 0.0236. The van der Waals surface area contributed by atoms with Crippen molar-refractivity contribution in [1.29, 1.82) is 0 Å². The summed E-state index contributed by atoms with van der Waals surface area (Å²) in [6.45, 7) is 0.385. The number of nitrogens with zero attached hydrogens (tertiary/aromatic N) is 2. The van der Waals surface area contributed by atoms with E-state index in [9.17, 15) is 4.79 Å². The maximum atomic E-state index is 10.7. The van der Waals surface area contributed by atoms with E-state index < -0.39 is 0 Å². The van der Waals surface area contributed by atoms with E-state index >= 15 is 0 Å². The molecule has 1 heterocycles. The van der Waals surface area contributed by atoms with Gasteiger partial charge in [-0.1, -0.05) is 0 Å². The summed E-state index contributed by atoms with van der Waals surface area (Å²) >= 11 is 0. The van der Waals surface area contributed by atoms with E-state index in [1.807, 2.05) is 0 Å². The molecule has 1 aliphatic rings. The van der Waals surface area contributed by atoms with Crippen molar-refractivity contribution < 1.29 is 4.79 Å². The first-order chi connectivity index (χ1) is 4.24.